The van der Waals surface area contributed by atoms with Crippen molar-refractivity contribution in [2.75, 3.05) is 9.80 Å². The zero-order chi connectivity index (χ0) is 45.1. The molecule has 0 N–H and O–H groups in total. The maximum atomic E-state index is 2.49. The fourth-order valence-corrected chi connectivity index (χ4v) is 11.3. The molecule has 11 aromatic rings. The quantitative estimate of drug-likeness (QED) is 0.147. The molecule has 0 bridgehead atoms. The molecule has 0 radical (unpaired) electrons. The molecule has 11 aromatic carbocycles. The van der Waals surface area contributed by atoms with E-state index in [1.54, 1.807) is 0 Å². The third-order valence-corrected chi connectivity index (χ3v) is 14.3. The molecule has 2 heterocycles. The van der Waals surface area contributed by atoms with Gasteiger partial charge in [0.2, 0.25) is 0 Å². The molecule has 2 aliphatic heterocycles. The van der Waals surface area contributed by atoms with Crippen LogP contribution in [0.1, 0.15) is 45.9 Å². The lowest BCUT2D eigenvalue weighted by molar-refractivity contribution is 1.09. The van der Waals surface area contributed by atoms with Gasteiger partial charge in [0.25, 0.3) is 0 Å². The van der Waals surface area contributed by atoms with E-state index in [-0.39, 0.29) is 0 Å². The maximum Gasteiger partial charge on any atom is 0.0497 e. The highest BCUT2D eigenvalue weighted by Crippen LogP contribution is 2.51. The molecule has 2 aliphatic rings. The Hall–Kier alpha value is -8.46. The molecule has 0 amide bonds. The molecule has 68 heavy (non-hydrogen) atoms. The van der Waals surface area contributed by atoms with Crippen LogP contribution in [0, 0.1) is 0 Å². The Morgan fingerprint density at radius 1 is 0.382 bits per heavy atom. The van der Waals surface area contributed by atoms with Gasteiger partial charge in [-0.2, -0.15) is 0 Å². The first-order valence-electron chi connectivity index (χ1n) is 23.9. The zero-order valence-electron chi connectivity index (χ0n) is 38.0. The van der Waals surface area contributed by atoms with Crippen LogP contribution in [0.3, 0.4) is 0 Å². The van der Waals surface area contributed by atoms with E-state index in [2.05, 4.69) is 253 Å². The van der Waals surface area contributed by atoms with Crippen molar-refractivity contribution in [2.24, 2.45) is 0 Å². The standard InChI is InChI=1S/C66H48N2/c1-2-16-45-18-3-5-20-47(45)37-44-17-15-26-53(38-44)65-57-35-33-56(68-63-29-13-9-24-51(63)41-52-25-10-14-30-64(52)68)43-60(57)66(54-32-31-46-19-4-6-21-48(46)39-54)58-36-34-55(42-59(58)65)67-61-27-11-7-22-49(61)40-50-23-8-12-28-62(50)67/h2-36,38-39,42-43H,37,40-41H2,1H3/b16-2-. The van der Waals surface area contributed by atoms with Gasteiger partial charge < -0.3 is 9.80 Å². The molecule has 0 fully saturated rings. The highest BCUT2D eigenvalue weighted by atomic mass is 15.2. The van der Waals surface area contributed by atoms with Crippen molar-refractivity contribution >= 4 is 72.5 Å². The van der Waals surface area contributed by atoms with Crippen molar-refractivity contribution in [3.63, 3.8) is 0 Å². The van der Waals surface area contributed by atoms with Gasteiger partial charge in [-0.25, -0.2) is 0 Å². The van der Waals surface area contributed by atoms with Crippen molar-refractivity contribution in [1.29, 1.82) is 0 Å². The Balaban J connectivity index is 1.12. The van der Waals surface area contributed by atoms with Crippen molar-refractivity contribution < 1.29 is 0 Å². The summed E-state index contributed by atoms with van der Waals surface area (Å²) < 4.78 is 0. The summed E-state index contributed by atoms with van der Waals surface area (Å²) in [4.78, 5) is 4.97. The van der Waals surface area contributed by atoms with E-state index >= 15 is 0 Å². The average molecular weight is 869 g/mol. The van der Waals surface area contributed by atoms with E-state index in [0.717, 1.165) is 30.6 Å². The highest BCUT2D eigenvalue weighted by molar-refractivity contribution is 6.23. The minimum atomic E-state index is 0.837. The third-order valence-electron chi connectivity index (χ3n) is 14.3. The predicted molar refractivity (Wildman–Crippen MR) is 289 cm³/mol. The van der Waals surface area contributed by atoms with Crippen LogP contribution in [-0.4, -0.2) is 0 Å². The van der Waals surface area contributed by atoms with E-state index < -0.39 is 0 Å². The summed E-state index contributed by atoms with van der Waals surface area (Å²) in [6.45, 7) is 2.10. The van der Waals surface area contributed by atoms with Gasteiger partial charge in [-0.1, -0.05) is 182 Å². The van der Waals surface area contributed by atoms with Crippen molar-refractivity contribution in [3.05, 3.63) is 269 Å². The lowest BCUT2D eigenvalue weighted by atomic mass is 9.84. The fraction of sp³-hybridized carbons (Fsp3) is 0.0606. The molecule has 0 saturated carbocycles. The van der Waals surface area contributed by atoms with Gasteiger partial charge in [-0.05, 0) is 161 Å². The van der Waals surface area contributed by atoms with Gasteiger partial charge in [-0.3, -0.25) is 0 Å². The van der Waals surface area contributed by atoms with E-state index in [9.17, 15) is 0 Å². The monoisotopic (exact) mass is 868 g/mol. The maximum absolute atomic E-state index is 2.49. The molecule has 2 nitrogen and oxygen atoms in total. The van der Waals surface area contributed by atoms with Crippen molar-refractivity contribution in [1.82, 2.24) is 0 Å². The number of para-hydroxylation sites is 4. The molecular formula is C66H48N2. The van der Waals surface area contributed by atoms with E-state index in [1.165, 1.54) is 116 Å². The molecule has 13 rings (SSSR count). The van der Waals surface area contributed by atoms with E-state index in [1.807, 2.05) is 0 Å². The van der Waals surface area contributed by atoms with Crippen LogP contribution in [0.25, 0.3) is 60.6 Å². The van der Waals surface area contributed by atoms with E-state index in [0.29, 0.717) is 0 Å². The van der Waals surface area contributed by atoms with Crippen molar-refractivity contribution in [2.45, 2.75) is 26.2 Å². The Morgan fingerprint density at radius 2 is 0.868 bits per heavy atom. The second kappa shape index (κ2) is 16.5. The summed E-state index contributed by atoms with van der Waals surface area (Å²) >= 11 is 0. The first kappa shape index (κ1) is 39.9. The Kier molecular flexibility index (Phi) is 9.65. The largest absolute Gasteiger partial charge is 0.310 e. The second-order valence-electron chi connectivity index (χ2n) is 18.4. The Morgan fingerprint density at radius 3 is 1.43 bits per heavy atom. The SMILES string of the molecule is C/C=C\c1ccccc1Cc1cccc(-c2c3ccc(N4c5ccccc5Cc5ccccc54)cc3c(-c3ccc4ccccc4c3)c3ccc(N4c5ccccc5Cc5ccccc54)cc23)c1. The number of hydrogen-bond acceptors (Lipinski definition) is 2. The number of hydrogen-bond donors (Lipinski definition) is 0. The zero-order valence-corrected chi connectivity index (χ0v) is 38.0. The molecule has 0 aliphatic carbocycles. The van der Waals surface area contributed by atoms with Gasteiger partial charge in [-0.15, -0.1) is 0 Å². The lowest BCUT2D eigenvalue weighted by Crippen LogP contribution is -2.18. The summed E-state index contributed by atoms with van der Waals surface area (Å²) in [5.74, 6) is 0. The molecule has 0 spiro atoms. The third kappa shape index (κ3) is 6.71. The molecule has 2 heteroatoms. The first-order valence-corrected chi connectivity index (χ1v) is 23.9. The van der Waals surface area contributed by atoms with Crippen LogP contribution in [0.2, 0.25) is 0 Å². The molecular weight excluding hydrogens is 821 g/mol. The Bertz CT molecular complexity index is 3730. The van der Waals surface area contributed by atoms with Gasteiger partial charge in [0.05, 0.1) is 0 Å². The average Bonchev–Trinajstić information content (AvgIpc) is 3.39. The summed E-state index contributed by atoms with van der Waals surface area (Å²) in [6, 6.07) is 84.0. The fourth-order valence-electron chi connectivity index (χ4n) is 11.3. The van der Waals surface area contributed by atoms with Gasteiger partial charge in [0, 0.05) is 47.0 Å². The van der Waals surface area contributed by atoms with Gasteiger partial charge >= 0.3 is 0 Å². The second-order valence-corrected chi connectivity index (χ2v) is 18.4. The van der Waals surface area contributed by atoms with Crippen LogP contribution in [0.4, 0.5) is 34.1 Å². The number of allylic oxidation sites excluding steroid dienone is 1. The van der Waals surface area contributed by atoms with Crippen LogP contribution >= 0.6 is 0 Å². The number of benzene rings is 11. The van der Waals surface area contributed by atoms with Crippen LogP contribution < -0.4 is 9.80 Å². The molecule has 0 aromatic heterocycles. The lowest BCUT2D eigenvalue weighted by Gasteiger charge is -2.34. The van der Waals surface area contributed by atoms with Gasteiger partial charge in [0.15, 0.2) is 0 Å². The van der Waals surface area contributed by atoms with Crippen LogP contribution in [0.15, 0.2) is 231 Å². The number of nitrogens with zero attached hydrogens (tertiary/aromatic N) is 2. The molecule has 0 saturated heterocycles. The van der Waals surface area contributed by atoms with E-state index in [4.69, 9.17) is 0 Å². The number of anilines is 6. The van der Waals surface area contributed by atoms with Crippen LogP contribution in [-0.2, 0) is 19.3 Å². The smallest absolute Gasteiger partial charge is 0.0497 e. The predicted octanol–water partition coefficient (Wildman–Crippen LogP) is 17.9. The number of rotatable bonds is 7. The summed E-state index contributed by atoms with van der Waals surface area (Å²) in [5, 5.41) is 7.38. The minimum Gasteiger partial charge on any atom is -0.310 e. The Labute approximate surface area is 398 Å². The molecule has 322 valence electrons. The highest BCUT2D eigenvalue weighted by Gasteiger charge is 2.28. The molecule has 0 atom stereocenters. The van der Waals surface area contributed by atoms with Crippen molar-refractivity contribution in [3.8, 4) is 22.3 Å². The van der Waals surface area contributed by atoms with Crippen LogP contribution in [0.5, 0.6) is 0 Å². The van der Waals surface area contributed by atoms with Gasteiger partial charge in [0.1, 0.15) is 0 Å². The normalized spacial score (nSPS) is 12.9. The summed E-state index contributed by atoms with van der Waals surface area (Å²) in [7, 11) is 0. The summed E-state index contributed by atoms with van der Waals surface area (Å²) in [6.07, 6.45) is 7.02. The molecule has 0 unspecified atom stereocenters. The first-order chi connectivity index (χ1) is 33.7. The summed E-state index contributed by atoms with van der Waals surface area (Å²) in [5.41, 5.74) is 21.3. The topological polar surface area (TPSA) is 6.48 Å². The minimum absolute atomic E-state index is 0.837. The number of fused-ring (bicyclic) bond motifs is 7.